The lowest BCUT2D eigenvalue weighted by Crippen LogP contribution is -2.31. The number of anilines is 2. The van der Waals surface area contributed by atoms with Crippen molar-refractivity contribution in [2.45, 2.75) is 12.6 Å². The average molecular weight is 532 g/mol. The van der Waals surface area contributed by atoms with Gasteiger partial charge in [0.05, 0.1) is 27.5 Å². The largest absolute Gasteiger partial charge is 0.418 e. The standard InChI is InChI=1S/C30H21ClF3N3O/c31-25-14-4-5-15-26(25)37(29(35)38)22-11-6-10-20(17-22)27-21(16-19-8-2-1-3-9-19)18-36-28-23(27)12-7-13-24(28)30(32,33)34/h1-15,17-18H,16H2,(H2,35,38). The van der Waals surface area contributed by atoms with Crippen LogP contribution in [0.3, 0.4) is 0 Å². The van der Waals surface area contributed by atoms with Crippen LogP contribution >= 0.6 is 11.6 Å². The minimum atomic E-state index is -4.57. The molecular formula is C30H21ClF3N3O. The molecule has 4 nitrogen and oxygen atoms in total. The molecule has 0 saturated carbocycles. The van der Waals surface area contributed by atoms with Crippen molar-refractivity contribution in [2.75, 3.05) is 4.90 Å². The molecule has 38 heavy (non-hydrogen) atoms. The lowest BCUT2D eigenvalue weighted by molar-refractivity contribution is -0.136. The van der Waals surface area contributed by atoms with Crippen LogP contribution in [-0.4, -0.2) is 11.0 Å². The van der Waals surface area contributed by atoms with Crippen molar-refractivity contribution < 1.29 is 18.0 Å². The maximum absolute atomic E-state index is 13.9. The number of primary amides is 1. The van der Waals surface area contributed by atoms with E-state index in [9.17, 15) is 18.0 Å². The molecule has 1 aromatic heterocycles. The van der Waals surface area contributed by atoms with Gasteiger partial charge >= 0.3 is 12.2 Å². The van der Waals surface area contributed by atoms with E-state index in [2.05, 4.69) is 4.98 Å². The fraction of sp³-hybridized carbons (Fsp3) is 0.0667. The molecule has 5 aromatic rings. The summed E-state index contributed by atoms with van der Waals surface area (Å²) in [4.78, 5) is 18.1. The summed E-state index contributed by atoms with van der Waals surface area (Å²) in [5, 5.41) is 0.680. The summed E-state index contributed by atoms with van der Waals surface area (Å²) in [5.41, 5.74) is 8.52. The summed E-state index contributed by atoms with van der Waals surface area (Å²) < 4.78 is 41.6. The number of halogens is 4. The third-order valence-corrected chi connectivity index (χ3v) is 6.55. The number of carbonyl (C=O) groups is 1. The molecule has 0 spiro atoms. The molecule has 1 heterocycles. The average Bonchev–Trinajstić information content (AvgIpc) is 2.89. The summed E-state index contributed by atoms with van der Waals surface area (Å²) in [7, 11) is 0. The Morgan fingerprint density at radius 2 is 1.61 bits per heavy atom. The van der Waals surface area contributed by atoms with Crippen molar-refractivity contribution >= 4 is 39.9 Å². The maximum atomic E-state index is 13.9. The number of benzene rings is 4. The Bertz CT molecular complexity index is 1640. The molecule has 0 unspecified atom stereocenters. The number of hydrogen-bond acceptors (Lipinski definition) is 2. The van der Waals surface area contributed by atoms with Crippen molar-refractivity contribution in [1.29, 1.82) is 0 Å². The monoisotopic (exact) mass is 531 g/mol. The molecule has 4 aromatic carbocycles. The van der Waals surface area contributed by atoms with Crippen LogP contribution in [0.4, 0.5) is 29.3 Å². The third-order valence-electron chi connectivity index (χ3n) is 6.23. The first-order valence-electron chi connectivity index (χ1n) is 11.7. The van der Waals surface area contributed by atoms with Crippen LogP contribution in [0, 0.1) is 0 Å². The van der Waals surface area contributed by atoms with Gasteiger partial charge in [0.1, 0.15) is 0 Å². The normalized spacial score (nSPS) is 11.5. The van der Waals surface area contributed by atoms with Gasteiger partial charge in [0.25, 0.3) is 0 Å². The van der Waals surface area contributed by atoms with Crippen molar-refractivity contribution in [3.63, 3.8) is 0 Å². The number of para-hydroxylation sites is 2. The number of nitrogens with two attached hydrogens (primary N) is 1. The zero-order chi connectivity index (χ0) is 26.9. The zero-order valence-corrected chi connectivity index (χ0v) is 20.7. The van der Waals surface area contributed by atoms with Crippen LogP contribution in [0.15, 0.2) is 103 Å². The summed E-state index contributed by atoms with van der Waals surface area (Å²) in [6, 6.07) is 26.6. The molecular weight excluding hydrogens is 511 g/mol. The van der Waals surface area contributed by atoms with Crippen molar-refractivity contribution in [3.05, 3.63) is 125 Å². The summed E-state index contributed by atoms with van der Waals surface area (Å²) >= 11 is 6.36. The van der Waals surface area contributed by atoms with E-state index in [1.165, 1.54) is 17.2 Å². The molecule has 8 heteroatoms. The van der Waals surface area contributed by atoms with Gasteiger partial charge < -0.3 is 5.73 Å². The Labute approximate surface area is 222 Å². The predicted octanol–water partition coefficient (Wildman–Crippen LogP) is 8.38. The molecule has 0 atom stereocenters. The van der Waals surface area contributed by atoms with Gasteiger partial charge in [-0.25, -0.2) is 4.79 Å². The molecule has 0 aliphatic rings. The molecule has 2 amide bonds. The number of carbonyl (C=O) groups excluding carboxylic acids is 1. The first kappa shape index (κ1) is 25.3. The molecule has 0 fully saturated rings. The first-order valence-corrected chi connectivity index (χ1v) is 12.1. The lowest BCUT2D eigenvalue weighted by atomic mass is 9.91. The Morgan fingerprint density at radius 1 is 0.895 bits per heavy atom. The highest BCUT2D eigenvalue weighted by Crippen LogP contribution is 2.40. The van der Waals surface area contributed by atoms with Crippen LogP contribution < -0.4 is 10.6 Å². The molecule has 0 aliphatic heterocycles. The van der Waals surface area contributed by atoms with E-state index in [-0.39, 0.29) is 5.52 Å². The van der Waals surface area contributed by atoms with Crippen molar-refractivity contribution in [2.24, 2.45) is 5.73 Å². The number of rotatable bonds is 5. The van der Waals surface area contributed by atoms with Crippen LogP contribution in [0.2, 0.25) is 5.02 Å². The van der Waals surface area contributed by atoms with E-state index >= 15 is 0 Å². The Balaban J connectivity index is 1.75. The van der Waals surface area contributed by atoms with Crippen LogP contribution in [0.5, 0.6) is 0 Å². The minimum absolute atomic E-state index is 0.143. The lowest BCUT2D eigenvalue weighted by Gasteiger charge is -2.23. The van der Waals surface area contributed by atoms with Gasteiger partial charge in [0.2, 0.25) is 0 Å². The molecule has 0 radical (unpaired) electrons. The van der Waals surface area contributed by atoms with Crippen LogP contribution in [-0.2, 0) is 12.6 Å². The van der Waals surface area contributed by atoms with Gasteiger partial charge in [-0.15, -0.1) is 0 Å². The number of fused-ring (bicyclic) bond motifs is 1. The molecule has 0 aliphatic carbocycles. The highest BCUT2D eigenvalue weighted by Gasteiger charge is 2.33. The summed E-state index contributed by atoms with van der Waals surface area (Å²) in [6.07, 6.45) is -2.63. The van der Waals surface area contributed by atoms with Gasteiger partial charge in [0, 0.05) is 11.6 Å². The fourth-order valence-corrected chi connectivity index (χ4v) is 4.82. The Morgan fingerprint density at radius 3 is 2.32 bits per heavy atom. The smallest absolute Gasteiger partial charge is 0.351 e. The number of alkyl halides is 3. The highest BCUT2D eigenvalue weighted by atomic mass is 35.5. The number of amides is 2. The first-order chi connectivity index (χ1) is 18.2. The predicted molar refractivity (Wildman–Crippen MR) is 145 cm³/mol. The number of nitrogens with zero attached hydrogens (tertiary/aromatic N) is 2. The zero-order valence-electron chi connectivity index (χ0n) is 19.9. The molecule has 190 valence electrons. The number of hydrogen-bond donors (Lipinski definition) is 1. The molecule has 5 rings (SSSR count). The molecule has 2 N–H and O–H groups in total. The molecule has 0 saturated heterocycles. The number of aromatic nitrogens is 1. The van der Waals surface area contributed by atoms with Crippen molar-refractivity contribution in [1.82, 2.24) is 4.98 Å². The quantitative estimate of drug-likeness (QED) is 0.247. The van der Waals surface area contributed by atoms with Gasteiger partial charge in [0.15, 0.2) is 0 Å². The van der Waals surface area contributed by atoms with E-state index < -0.39 is 17.8 Å². The van der Waals surface area contributed by atoms with E-state index in [1.54, 1.807) is 54.6 Å². The Hall–Kier alpha value is -4.36. The Kier molecular flexibility index (Phi) is 6.78. The van der Waals surface area contributed by atoms with Crippen LogP contribution in [0.1, 0.15) is 16.7 Å². The SMILES string of the molecule is NC(=O)N(c1cccc(-c2c(Cc3ccccc3)cnc3c(C(F)(F)F)cccc23)c1)c1ccccc1Cl. The van der Waals surface area contributed by atoms with Gasteiger partial charge in [-0.05, 0) is 59.0 Å². The van der Waals surface area contributed by atoms with E-state index in [1.807, 2.05) is 30.3 Å². The van der Waals surface area contributed by atoms with Gasteiger partial charge in [-0.1, -0.05) is 78.3 Å². The number of pyridine rings is 1. The summed E-state index contributed by atoms with van der Waals surface area (Å²) in [5.74, 6) is 0. The minimum Gasteiger partial charge on any atom is -0.351 e. The van der Waals surface area contributed by atoms with E-state index in [0.717, 1.165) is 17.2 Å². The summed E-state index contributed by atoms with van der Waals surface area (Å²) in [6.45, 7) is 0. The van der Waals surface area contributed by atoms with Crippen molar-refractivity contribution in [3.8, 4) is 11.1 Å². The third kappa shape index (κ3) is 4.93. The fourth-order valence-electron chi connectivity index (χ4n) is 4.60. The highest BCUT2D eigenvalue weighted by molar-refractivity contribution is 6.34. The van der Waals surface area contributed by atoms with Gasteiger partial charge in [-0.2, -0.15) is 13.2 Å². The van der Waals surface area contributed by atoms with E-state index in [4.69, 9.17) is 17.3 Å². The second-order valence-corrected chi connectivity index (χ2v) is 9.10. The van der Waals surface area contributed by atoms with Crippen LogP contribution in [0.25, 0.3) is 22.0 Å². The second kappa shape index (κ2) is 10.2. The van der Waals surface area contributed by atoms with E-state index in [0.29, 0.717) is 39.3 Å². The number of urea groups is 1. The molecule has 0 bridgehead atoms. The van der Waals surface area contributed by atoms with Gasteiger partial charge in [-0.3, -0.25) is 9.88 Å². The second-order valence-electron chi connectivity index (χ2n) is 8.70. The topological polar surface area (TPSA) is 59.2 Å². The maximum Gasteiger partial charge on any atom is 0.418 e.